The van der Waals surface area contributed by atoms with Crippen molar-refractivity contribution in [2.75, 3.05) is 0 Å². The van der Waals surface area contributed by atoms with Gasteiger partial charge in [-0.25, -0.2) is 14.4 Å². The fraction of sp³-hybridized carbons (Fsp3) is 0. The molecule has 0 unspecified atom stereocenters. The van der Waals surface area contributed by atoms with Gasteiger partial charge in [-0.15, -0.1) is 11.3 Å². The average molecular weight is 265 g/mol. The topological polar surface area (TPSA) is 25.8 Å². The van der Waals surface area contributed by atoms with E-state index in [0.29, 0.717) is 10.7 Å². The zero-order valence-electron chi connectivity index (χ0n) is 8.52. The molecule has 0 aliphatic rings. The van der Waals surface area contributed by atoms with Crippen LogP contribution in [0.4, 0.5) is 4.39 Å². The third-order valence-electron chi connectivity index (χ3n) is 2.41. The Morgan fingerprint density at radius 2 is 2.00 bits per heavy atom. The fourth-order valence-corrected chi connectivity index (χ4v) is 2.89. The highest BCUT2D eigenvalue weighted by atomic mass is 35.5. The van der Waals surface area contributed by atoms with Gasteiger partial charge in [-0.05, 0) is 12.1 Å². The minimum atomic E-state index is -0.247. The Labute approximate surface area is 106 Å². The lowest BCUT2D eigenvalue weighted by molar-refractivity contribution is 0.632. The lowest BCUT2D eigenvalue weighted by atomic mass is 10.2. The lowest BCUT2D eigenvalue weighted by Gasteiger charge is -1.97. The molecule has 0 aliphatic carbocycles. The molecule has 2 heterocycles. The van der Waals surface area contributed by atoms with Crippen LogP contribution in [-0.4, -0.2) is 9.97 Å². The number of nitrogens with zero attached hydrogens (tertiary/aromatic N) is 2. The number of rotatable bonds is 1. The summed E-state index contributed by atoms with van der Waals surface area (Å²) in [6.45, 7) is 0. The summed E-state index contributed by atoms with van der Waals surface area (Å²) >= 11 is 7.36. The van der Waals surface area contributed by atoms with Crippen molar-refractivity contribution in [3.05, 3.63) is 47.6 Å². The van der Waals surface area contributed by atoms with E-state index >= 15 is 0 Å². The fourth-order valence-electron chi connectivity index (χ4n) is 1.62. The maximum atomic E-state index is 13.6. The van der Waals surface area contributed by atoms with Crippen molar-refractivity contribution < 1.29 is 4.39 Å². The standard InChI is InChI=1S/C12H6ClFN2S/c13-12-11-9(15-6-16-12)5-10(17-11)7-3-1-2-4-8(7)14/h1-6H. The summed E-state index contributed by atoms with van der Waals surface area (Å²) < 4.78 is 14.4. The largest absolute Gasteiger partial charge is 0.235 e. The van der Waals surface area contributed by atoms with E-state index in [1.807, 2.05) is 6.07 Å². The molecule has 0 fully saturated rings. The zero-order valence-corrected chi connectivity index (χ0v) is 10.1. The van der Waals surface area contributed by atoms with E-state index in [2.05, 4.69) is 9.97 Å². The number of benzene rings is 1. The molecule has 0 N–H and O–H groups in total. The minimum absolute atomic E-state index is 0.247. The molecule has 2 nitrogen and oxygen atoms in total. The van der Waals surface area contributed by atoms with Crippen LogP contribution >= 0.6 is 22.9 Å². The second-order valence-electron chi connectivity index (χ2n) is 3.47. The lowest BCUT2D eigenvalue weighted by Crippen LogP contribution is -1.78. The Morgan fingerprint density at radius 3 is 2.76 bits per heavy atom. The molecule has 2 aromatic heterocycles. The third kappa shape index (κ3) is 1.79. The molecule has 1 aromatic carbocycles. The first kappa shape index (κ1) is 10.6. The van der Waals surface area contributed by atoms with Crippen LogP contribution in [0, 0.1) is 5.82 Å². The van der Waals surface area contributed by atoms with Gasteiger partial charge in [0.05, 0.1) is 10.2 Å². The molecule has 84 valence electrons. The Balaban J connectivity index is 2.26. The van der Waals surface area contributed by atoms with Crippen LogP contribution in [0.25, 0.3) is 20.7 Å². The van der Waals surface area contributed by atoms with Crippen molar-refractivity contribution >= 4 is 33.2 Å². The van der Waals surface area contributed by atoms with E-state index in [9.17, 15) is 4.39 Å². The molecule has 0 radical (unpaired) electrons. The van der Waals surface area contributed by atoms with E-state index < -0.39 is 0 Å². The molecule has 0 spiro atoms. The highest BCUT2D eigenvalue weighted by molar-refractivity contribution is 7.22. The highest BCUT2D eigenvalue weighted by Crippen LogP contribution is 2.36. The Kier molecular flexibility index (Phi) is 2.53. The van der Waals surface area contributed by atoms with Gasteiger partial charge in [0.25, 0.3) is 0 Å². The SMILES string of the molecule is Fc1ccccc1-c1cc2ncnc(Cl)c2s1. The number of hydrogen-bond donors (Lipinski definition) is 0. The number of halogens is 2. The van der Waals surface area contributed by atoms with Crippen LogP contribution in [0.3, 0.4) is 0 Å². The van der Waals surface area contributed by atoms with Gasteiger partial charge in [-0.1, -0.05) is 29.8 Å². The summed E-state index contributed by atoms with van der Waals surface area (Å²) in [6, 6.07) is 8.47. The number of hydrogen-bond acceptors (Lipinski definition) is 3. The molecule has 3 rings (SSSR count). The maximum absolute atomic E-state index is 13.6. The van der Waals surface area contributed by atoms with E-state index in [1.165, 1.54) is 23.7 Å². The van der Waals surface area contributed by atoms with Crippen LogP contribution in [-0.2, 0) is 0 Å². The van der Waals surface area contributed by atoms with E-state index in [1.54, 1.807) is 18.2 Å². The predicted molar refractivity (Wildman–Crippen MR) is 67.8 cm³/mol. The van der Waals surface area contributed by atoms with Crippen molar-refractivity contribution in [2.45, 2.75) is 0 Å². The van der Waals surface area contributed by atoms with Crippen molar-refractivity contribution in [1.82, 2.24) is 9.97 Å². The maximum Gasteiger partial charge on any atom is 0.150 e. The van der Waals surface area contributed by atoms with Crippen LogP contribution in [0.2, 0.25) is 5.15 Å². The second kappa shape index (κ2) is 4.05. The van der Waals surface area contributed by atoms with Gasteiger partial charge in [0.15, 0.2) is 0 Å². The minimum Gasteiger partial charge on any atom is -0.235 e. The summed E-state index contributed by atoms with van der Waals surface area (Å²) in [7, 11) is 0. The van der Waals surface area contributed by atoms with Gasteiger partial charge in [-0.2, -0.15) is 0 Å². The quantitative estimate of drug-likeness (QED) is 0.617. The summed E-state index contributed by atoms with van der Waals surface area (Å²) in [5, 5.41) is 0.405. The van der Waals surface area contributed by atoms with Crippen molar-refractivity contribution in [1.29, 1.82) is 0 Å². The van der Waals surface area contributed by atoms with Gasteiger partial charge in [0.1, 0.15) is 17.3 Å². The van der Waals surface area contributed by atoms with Gasteiger partial charge in [-0.3, -0.25) is 0 Å². The Hall–Kier alpha value is -1.52. The molecule has 0 saturated heterocycles. The average Bonchev–Trinajstić information content (AvgIpc) is 2.75. The third-order valence-corrected chi connectivity index (χ3v) is 3.97. The molecule has 0 aliphatic heterocycles. The second-order valence-corrected chi connectivity index (χ2v) is 4.88. The van der Waals surface area contributed by atoms with Gasteiger partial charge < -0.3 is 0 Å². The number of thiophene rings is 1. The molecule has 17 heavy (non-hydrogen) atoms. The van der Waals surface area contributed by atoms with Gasteiger partial charge in [0.2, 0.25) is 0 Å². The van der Waals surface area contributed by atoms with Crippen molar-refractivity contribution in [3.8, 4) is 10.4 Å². The normalized spacial score (nSPS) is 10.9. The van der Waals surface area contributed by atoms with E-state index in [4.69, 9.17) is 11.6 Å². The summed E-state index contributed by atoms with van der Waals surface area (Å²) in [5.74, 6) is -0.247. The first-order valence-corrected chi connectivity index (χ1v) is 6.10. The summed E-state index contributed by atoms with van der Waals surface area (Å²) in [5.41, 5.74) is 1.31. The Bertz CT molecular complexity index is 696. The summed E-state index contributed by atoms with van der Waals surface area (Å²) in [4.78, 5) is 8.82. The number of aromatic nitrogens is 2. The monoisotopic (exact) mass is 264 g/mol. The van der Waals surface area contributed by atoms with E-state index in [0.717, 1.165) is 15.1 Å². The van der Waals surface area contributed by atoms with Crippen LogP contribution in [0.15, 0.2) is 36.7 Å². The molecule has 3 aromatic rings. The molecule has 0 bridgehead atoms. The Morgan fingerprint density at radius 1 is 1.18 bits per heavy atom. The van der Waals surface area contributed by atoms with Gasteiger partial charge in [0, 0.05) is 10.4 Å². The molecule has 0 saturated carbocycles. The first-order valence-electron chi connectivity index (χ1n) is 4.90. The zero-order chi connectivity index (χ0) is 11.8. The van der Waals surface area contributed by atoms with E-state index in [-0.39, 0.29) is 5.82 Å². The molecular weight excluding hydrogens is 259 g/mol. The highest BCUT2D eigenvalue weighted by Gasteiger charge is 2.11. The number of fused-ring (bicyclic) bond motifs is 1. The van der Waals surface area contributed by atoms with Crippen LogP contribution in [0.1, 0.15) is 0 Å². The molecule has 0 atom stereocenters. The predicted octanol–water partition coefficient (Wildman–Crippen LogP) is 4.15. The van der Waals surface area contributed by atoms with Crippen molar-refractivity contribution in [3.63, 3.8) is 0 Å². The molecule has 5 heteroatoms. The van der Waals surface area contributed by atoms with Crippen LogP contribution < -0.4 is 0 Å². The van der Waals surface area contributed by atoms with Crippen molar-refractivity contribution in [2.24, 2.45) is 0 Å². The summed E-state index contributed by atoms with van der Waals surface area (Å²) in [6.07, 6.45) is 1.41. The van der Waals surface area contributed by atoms with Gasteiger partial charge >= 0.3 is 0 Å². The first-order chi connectivity index (χ1) is 8.25. The van der Waals surface area contributed by atoms with Crippen LogP contribution in [0.5, 0.6) is 0 Å². The molecule has 0 amide bonds. The smallest absolute Gasteiger partial charge is 0.150 e. The molecular formula is C12H6ClFN2S.